The molecule has 4 atom stereocenters. The SMILES string of the molecule is COc1ccc(CO[C@H]2[C@H](C)OC(=O)[C@@H](NC(=O)O)CCOC[C@@H]2OCc2ccc(OC)cc2)cc1. The van der Waals surface area contributed by atoms with Crippen molar-refractivity contribution in [3.63, 3.8) is 0 Å². The van der Waals surface area contributed by atoms with E-state index < -0.39 is 36.4 Å². The van der Waals surface area contributed by atoms with Gasteiger partial charge in [0.25, 0.3) is 0 Å². The van der Waals surface area contributed by atoms with Gasteiger partial charge in [-0.1, -0.05) is 24.3 Å². The first-order valence-electron chi connectivity index (χ1n) is 11.7. The summed E-state index contributed by atoms with van der Waals surface area (Å²) in [5, 5.41) is 11.3. The van der Waals surface area contributed by atoms with Gasteiger partial charge in [0.2, 0.25) is 0 Å². The molecule has 0 bridgehead atoms. The second-order valence-electron chi connectivity index (χ2n) is 8.33. The Hall–Kier alpha value is -3.34. The van der Waals surface area contributed by atoms with Crippen molar-refractivity contribution in [3.05, 3.63) is 59.7 Å². The van der Waals surface area contributed by atoms with Crippen molar-refractivity contribution < 1.29 is 43.1 Å². The number of methoxy groups -OCH3 is 2. The molecule has 3 rings (SSSR count). The molecule has 2 aromatic rings. The van der Waals surface area contributed by atoms with Crippen LogP contribution in [-0.4, -0.2) is 69.0 Å². The van der Waals surface area contributed by atoms with Gasteiger partial charge in [-0.3, -0.25) is 0 Å². The summed E-state index contributed by atoms with van der Waals surface area (Å²) in [6.07, 6.45) is -3.15. The molecular weight excluding hydrogens is 470 g/mol. The van der Waals surface area contributed by atoms with Crippen molar-refractivity contribution in [2.75, 3.05) is 27.4 Å². The zero-order valence-corrected chi connectivity index (χ0v) is 20.7. The maximum atomic E-state index is 12.7. The van der Waals surface area contributed by atoms with Crippen LogP contribution in [-0.2, 0) is 37.0 Å². The monoisotopic (exact) mass is 503 g/mol. The molecule has 0 saturated carbocycles. The van der Waals surface area contributed by atoms with Crippen molar-refractivity contribution >= 4 is 12.1 Å². The number of benzene rings is 2. The smallest absolute Gasteiger partial charge is 0.405 e. The Morgan fingerprint density at radius 3 is 2.06 bits per heavy atom. The normalized spacial score (nSPS) is 22.8. The number of carbonyl (C=O) groups is 2. The zero-order chi connectivity index (χ0) is 25.9. The van der Waals surface area contributed by atoms with Crippen molar-refractivity contribution in [1.82, 2.24) is 5.32 Å². The van der Waals surface area contributed by atoms with Crippen LogP contribution >= 0.6 is 0 Å². The predicted molar refractivity (Wildman–Crippen MR) is 129 cm³/mol. The van der Waals surface area contributed by atoms with Gasteiger partial charge in [0, 0.05) is 13.0 Å². The van der Waals surface area contributed by atoms with Crippen LogP contribution in [0.15, 0.2) is 48.5 Å². The number of amides is 1. The fourth-order valence-corrected chi connectivity index (χ4v) is 3.75. The summed E-state index contributed by atoms with van der Waals surface area (Å²) in [5.74, 6) is 0.778. The highest BCUT2D eigenvalue weighted by atomic mass is 16.6. The van der Waals surface area contributed by atoms with Gasteiger partial charge in [0.05, 0.1) is 34.0 Å². The molecule has 1 amide bonds. The minimum Gasteiger partial charge on any atom is -0.497 e. The Bertz CT molecular complexity index is 964. The summed E-state index contributed by atoms with van der Waals surface area (Å²) in [6, 6.07) is 13.9. The topological polar surface area (TPSA) is 122 Å². The van der Waals surface area contributed by atoms with Crippen LogP contribution in [0.2, 0.25) is 0 Å². The highest BCUT2D eigenvalue weighted by Gasteiger charge is 2.35. The summed E-state index contributed by atoms with van der Waals surface area (Å²) in [7, 11) is 3.20. The molecule has 0 aliphatic carbocycles. The van der Waals surface area contributed by atoms with E-state index in [9.17, 15) is 9.59 Å². The molecule has 10 heteroatoms. The van der Waals surface area contributed by atoms with Gasteiger partial charge in [-0.25, -0.2) is 9.59 Å². The molecule has 10 nitrogen and oxygen atoms in total. The number of hydrogen-bond acceptors (Lipinski definition) is 8. The minimum atomic E-state index is -1.31. The van der Waals surface area contributed by atoms with Crippen LogP contribution < -0.4 is 14.8 Å². The van der Waals surface area contributed by atoms with E-state index >= 15 is 0 Å². The molecule has 196 valence electrons. The first-order valence-corrected chi connectivity index (χ1v) is 11.7. The standard InChI is InChI=1S/C26H33NO9/c1-17-24(35-15-19-6-10-21(32-3)11-7-19)23(34-14-18-4-8-20(31-2)9-5-18)16-33-13-12-22(25(28)36-17)27-26(29)30/h4-11,17,22-24,27H,12-16H2,1-3H3,(H,29,30)/t17-,22-,23-,24-/m0/s1. The van der Waals surface area contributed by atoms with Crippen LogP contribution in [0.5, 0.6) is 11.5 Å². The molecule has 1 aliphatic rings. The number of esters is 1. The Balaban J connectivity index is 1.75. The lowest BCUT2D eigenvalue weighted by Crippen LogP contribution is -2.49. The van der Waals surface area contributed by atoms with Gasteiger partial charge in [-0.05, 0) is 42.3 Å². The number of rotatable bonds is 9. The summed E-state index contributed by atoms with van der Waals surface area (Å²) in [5.41, 5.74) is 1.82. The van der Waals surface area contributed by atoms with Crippen LogP contribution in [0.3, 0.4) is 0 Å². The number of nitrogens with one attached hydrogen (secondary N) is 1. The third-order valence-corrected chi connectivity index (χ3v) is 5.77. The summed E-state index contributed by atoms with van der Waals surface area (Å²) in [6.45, 7) is 2.52. The number of hydrogen-bond donors (Lipinski definition) is 2. The van der Waals surface area contributed by atoms with E-state index in [0.29, 0.717) is 0 Å². The maximum Gasteiger partial charge on any atom is 0.405 e. The summed E-state index contributed by atoms with van der Waals surface area (Å²) in [4.78, 5) is 23.8. The van der Waals surface area contributed by atoms with E-state index in [1.165, 1.54) is 0 Å². The van der Waals surface area contributed by atoms with E-state index in [-0.39, 0.29) is 32.8 Å². The minimum absolute atomic E-state index is 0.139. The van der Waals surface area contributed by atoms with Gasteiger partial charge in [0.15, 0.2) is 0 Å². The van der Waals surface area contributed by atoms with Crippen molar-refractivity contribution in [1.29, 1.82) is 0 Å². The number of cyclic esters (lactones) is 1. The fourth-order valence-electron chi connectivity index (χ4n) is 3.75. The summed E-state index contributed by atoms with van der Waals surface area (Å²) >= 11 is 0. The van der Waals surface area contributed by atoms with Crippen molar-refractivity contribution in [2.24, 2.45) is 0 Å². The Kier molecular flexibility index (Phi) is 10.3. The molecule has 2 aromatic carbocycles. The average molecular weight is 504 g/mol. The Morgan fingerprint density at radius 1 is 0.972 bits per heavy atom. The number of ether oxygens (including phenoxy) is 6. The Morgan fingerprint density at radius 2 is 1.53 bits per heavy atom. The van der Waals surface area contributed by atoms with Gasteiger partial charge >= 0.3 is 12.1 Å². The number of carboxylic acid groups (broad SMARTS) is 1. The molecule has 36 heavy (non-hydrogen) atoms. The van der Waals surface area contributed by atoms with E-state index in [1.54, 1.807) is 21.1 Å². The largest absolute Gasteiger partial charge is 0.497 e. The fraction of sp³-hybridized carbons (Fsp3) is 0.462. The third kappa shape index (κ3) is 8.11. The zero-order valence-electron chi connectivity index (χ0n) is 20.7. The third-order valence-electron chi connectivity index (χ3n) is 5.77. The average Bonchev–Trinajstić information content (AvgIpc) is 2.88. The second kappa shape index (κ2) is 13.7. The molecule has 2 N–H and O–H groups in total. The number of carbonyl (C=O) groups excluding carboxylic acids is 1. The van der Waals surface area contributed by atoms with Gasteiger partial charge in [-0.2, -0.15) is 0 Å². The van der Waals surface area contributed by atoms with E-state index in [4.69, 9.17) is 33.5 Å². The lowest BCUT2D eigenvalue weighted by molar-refractivity contribution is -0.182. The molecule has 1 aliphatic heterocycles. The van der Waals surface area contributed by atoms with Crippen LogP contribution in [0, 0.1) is 0 Å². The van der Waals surface area contributed by atoms with Crippen molar-refractivity contribution in [2.45, 2.75) is 50.9 Å². The first kappa shape index (κ1) is 27.3. The molecular formula is C26H33NO9. The van der Waals surface area contributed by atoms with E-state index in [2.05, 4.69) is 5.32 Å². The molecule has 0 unspecified atom stereocenters. The molecule has 0 aromatic heterocycles. The molecule has 1 heterocycles. The predicted octanol–water partition coefficient (Wildman–Crippen LogP) is 3.16. The highest BCUT2D eigenvalue weighted by molar-refractivity contribution is 5.80. The van der Waals surface area contributed by atoms with E-state index in [0.717, 1.165) is 22.6 Å². The van der Waals surface area contributed by atoms with Crippen LogP contribution in [0.1, 0.15) is 24.5 Å². The molecule has 0 radical (unpaired) electrons. The van der Waals surface area contributed by atoms with Gasteiger partial charge in [-0.15, -0.1) is 0 Å². The van der Waals surface area contributed by atoms with E-state index in [1.807, 2.05) is 48.5 Å². The van der Waals surface area contributed by atoms with Crippen LogP contribution in [0.25, 0.3) is 0 Å². The quantitative estimate of drug-likeness (QED) is 0.497. The lowest BCUT2D eigenvalue weighted by atomic mass is 10.1. The van der Waals surface area contributed by atoms with Gasteiger partial charge in [0.1, 0.15) is 35.9 Å². The van der Waals surface area contributed by atoms with Crippen molar-refractivity contribution in [3.8, 4) is 11.5 Å². The summed E-state index contributed by atoms with van der Waals surface area (Å²) < 4.78 is 34.2. The Labute approximate surface area is 210 Å². The molecule has 1 fully saturated rings. The van der Waals surface area contributed by atoms with Crippen LogP contribution in [0.4, 0.5) is 4.79 Å². The highest BCUT2D eigenvalue weighted by Crippen LogP contribution is 2.21. The van der Waals surface area contributed by atoms with Gasteiger partial charge < -0.3 is 38.8 Å². The molecule has 1 saturated heterocycles. The molecule has 0 spiro atoms. The maximum absolute atomic E-state index is 12.7. The lowest BCUT2D eigenvalue weighted by Gasteiger charge is -2.33. The first-order chi connectivity index (χ1) is 17.4. The second-order valence-corrected chi connectivity index (χ2v) is 8.33.